The number of hydrogen-bond acceptors (Lipinski definition) is 5. The van der Waals surface area contributed by atoms with Gasteiger partial charge in [0.1, 0.15) is 0 Å². The molecule has 1 saturated heterocycles. The standard InChI is InChI=1S/C5H11N3O3/c6-7-5(9)11-8-1-3-10-4-2-8/h1-4,6H2,(H,7,9). The number of hydrogen-bond donors (Lipinski definition) is 2. The molecule has 1 aliphatic heterocycles. The lowest BCUT2D eigenvalue weighted by Gasteiger charge is -2.24. The molecule has 0 atom stereocenters. The summed E-state index contributed by atoms with van der Waals surface area (Å²) >= 11 is 0. The highest BCUT2D eigenvalue weighted by atomic mass is 16.7. The fourth-order valence-electron chi connectivity index (χ4n) is 0.781. The van der Waals surface area contributed by atoms with Crippen molar-refractivity contribution in [1.29, 1.82) is 0 Å². The van der Waals surface area contributed by atoms with Crippen LogP contribution in [-0.4, -0.2) is 37.5 Å². The molecule has 0 aromatic heterocycles. The summed E-state index contributed by atoms with van der Waals surface area (Å²) in [5, 5.41) is 1.51. The van der Waals surface area contributed by atoms with Gasteiger partial charge in [-0.2, -0.15) is 0 Å². The first kappa shape index (κ1) is 8.25. The van der Waals surface area contributed by atoms with Gasteiger partial charge in [-0.1, -0.05) is 0 Å². The predicted molar refractivity (Wildman–Crippen MR) is 36.2 cm³/mol. The average molecular weight is 161 g/mol. The Balaban J connectivity index is 2.19. The van der Waals surface area contributed by atoms with Crippen molar-refractivity contribution in [2.75, 3.05) is 26.3 Å². The van der Waals surface area contributed by atoms with Gasteiger partial charge in [0.05, 0.1) is 26.3 Å². The first-order chi connectivity index (χ1) is 5.33. The lowest BCUT2D eigenvalue weighted by atomic mass is 10.5. The summed E-state index contributed by atoms with van der Waals surface area (Å²) in [6.07, 6.45) is -0.646. The molecule has 1 amide bonds. The maximum Gasteiger partial charge on any atom is 0.440 e. The molecule has 1 aliphatic rings. The molecule has 0 radical (unpaired) electrons. The van der Waals surface area contributed by atoms with Crippen molar-refractivity contribution >= 4 is 6.09 Å². The third-order valence-corrected chi connectivity index (χ3v) is 1.30. The lowest BCUT2D eigenvalue weighted by Crippen LogP contribution is -2.42. The zero-order chi connectivity index (χ0) is 8.10. The number of hydroxylamine groups is 2. The number of carbonyl (C=O) groups is 1. The van der Waals surface area contributed by atoms with Crippen molar-refractivity contribution in [3.8, 4) is 0 Å². The topological polar surface area (TPSA) is 76.8 Å². The van der Waals surface area contributed by atoms with Crippen LogP contribution >= 0.6 is 0 Å². The zero-order valence-corrected chi connectivity index (χ0v) is 6.08. The van der Waals surface area contributed by atoms with Gasteiger partial charge in [-0.25, -0.2) is 10.6 Å². The van der Waals surface area contributed by atoms with Crippen LogP contribution in [-0.2, 0) is 9.57 Å². The maximum absolute atomic E-state index is 10.5. The van der Waals surface area contributed by atoms with E-state index >= 15 is 0 Å². The molecular formula is C5H11N3O3. The molecule has 0 aromatic rings. The van der Waals surface area contributed by atoms with Gasteiger partial charge in [0.15, 0.2) is 0 Å². The summed E-state index contributed by atoms with van der Waals surface area (Å²) < 4.78 is 5.03. The van der Waals surface area contributed by atoms with E-state index in [1.165, 1.54) is 5.06 Å². The van der Waals surface area contributed by atoms with E-state index < -0.39 is 6.09 Å². The molecule has 0 unspecified atom stereocenters. The fourth-order valence-corrected chi connectivity index (χ4v) is 0.781. The quantitative estimate of drug-likeness (QED) is 0.288. The number of morpholine rings is 1. The van der Waals surface area contributed by atoms with Crippen LogP contribution < -0.4 is 11.3 Å². The van der Waals surface area contributed by atoms with Crippen molar-refractivity contribution in [1.82, 2.24) is 10.5 Å². The second-order valence-corrected chi connectivity index (χ2v) is 2.06. The van der Waals surface area contributed by atoms with Crippen molar-refractivity contribution in [2.45, 2.75) is 0 Å². The van der Waals surface area contributed by atoms with E-state index in [2.05, 4.69) is 0 Å². The molecule has 1 fully saturated rings. The third kappa shape index (κ3) is 2.71. The molecule has 11 heavy (non-hydrogen) atoms. The Kier molecular flexibility index (Phi) is 3.09. The molecule has 0 bridgehead atoms. The summed E-state index contributed by atoms with van der Waals surface area (Å²) in [7, 11) is 0. The largest absolute Gasteiger partial charge is 0.440 e. The van der Waals surface area contributed by atoms with Gasteiger partial charge >= 0.3 is 6.09 Å². The van der Waals surface area contributed by atoms with E-state index in [0.29, 0.717) is 26.3 Å². The minimum absolute atomic E-state index is 0.581. The number of rotatable bonds is 1. The van der Waals surface area contributed by atoms with Gasteiger partial charge in [0.25, 0.3) is 0 Å². The number of nitrogens with two attached hydrogens (primary N) is 1. The average Bonchev–Trinajstić information content (AvgIpc) is 2.06. The molecule has 6 nitrogen and oxygen atoms in total. The number of ether oxygens (including phenoxy) is 1. The Morgan fingerprint density at radius 1 is 1.55 bits per heavy atom. The summed E-state index contributed by atoms with van der Waals surface area (Å²) in [6, 6.07) is 0. The number of carbonyl (C=O) groups excluding carboxylic acids is 1. The molecule has 1 rings (SSSR count). The van der Waals surface area contributed by atoms with Crippen LogP contribution in [0.25, 0.3) is 0 Å². The molecule has 6 heteroatoms. The molecule has 64 valence electrons. The van der Waals surface area contributed by atoms with Gasteiger partial charge < -0.3 is 9.57 Å². The van der Waals surface area contributed by atoms with Gasteiger partial charge in [-0.05, 0) is 0 Å². The van der Waals surface area contributed by atoms with E-state index in [-0.39, 0.29) is 0 Å². The van der Waals surface area contributed by atoms with Gasteiger partial charge in [0, 0.05) is 0 Å². The highest BCUT2D eigenvalue weighted by molar-refractivity contribution is 5.65. The van der Waals surface area contributed by atoms with Crippen LogP contribution in [0.1, 0.15) is 0 Å². The van der Waals surface area contributed by atoms with E-state index in [9.17, 15) is 4.79 Å². The highest BCUT2D eigenvalue weighted by Crippen LogP contribution is 1.96. The zero-order valence-electron chi connectivity index (χ0n) is 6.08. The Morgan fingerprint density at radius 3 is 2.73 bits per heavy atom. The van der Waals surface area contributed by atoms with Crippen LogP contribution in [0.2, 0.25) is 0 Å². The van der Waals surface area contributed by atoms with Gasteiger partial charge in [-0.3, -0.25) is 5.43 Å². The monoisotopic (exact) mass is 161 g/mol. The molecule has 1 heterocycles. The van der Waals surface area contributed by atoms with E-state index in [4.69, 9.17) is 15.4 Å². The third-order valence-electron chi connectivity index (χ3n) is 1.30. The molecule has 0 spiro atoms. The normalized spacial score (nSPS) is 19.4. The van der Waals surface area contributed by atoms with E-state index in [1.54, 1.807) is 0 Å². The van der Waals surface area contributed by atoms with Crippen LogP contribution in [0, 0.1) is 0 Å². The predicted octanol–water partition coefficient (Wildman–Crippen LogP) is -1.17. The molecule has 3 N–H and O–H groups in total. The lowest BCUT2D eigenvalue weighted by molar-refractivity contribution is -0.145. The first-order valence-electron chi connectivity index (χ1n) is 3.34. The van der Waals surface area contributed by atoms with Crippen molar-refractivity contribution < 1.29 is 14.4 Å². The highest BCUT2D eigenvalue weighted by Gasteiger charge is 2.13. The summed E-state index contributed by atoms with van der Waals surface area (Å²) in [6.45, 7) is 2.34. The Morgan fingerprint density at radius 2 is 2.18 bits per heavy atom. The van der Waals surface area contributed by atoms with Crippen LogP contribution in [0.5, 0.6) is 0 Å². The summed E-state index contributed by atoms with van der Waals surface area (Å²) in [5.41, 5.74) is 1.87. The number of hydrazine groups is 1. The molecular weight excluding hydrogens is 150 g/mol. The van der Waals surface area contributed by atoms with Crippen molar-refractivity contribution in [2.24, 2.45) is 5.84 Å². The fraction of sp³-hybridized carbons (Fsp3) is 0.800. The summed E-state index contributed by atoms with van der Waals surface area (Å²) in [4.78, 5) is 15.3. The Hall–Kier alpha value is -0.850. The second kappa shape index (κ2) is 4.12. The Labute approximate surface area is 64.2 Å². The van der Waals surface area contributed by atoms with E-state index in [1.807, 2.05) is 5.43 Å². The summed E-state index contributed by atoms with van der Waals surface area (Å²) in [5.74, 6) is 4.81. The van der Waals surface area contributed by atoms with Gasteiger partial charge in [0.2, 0.25) is 0 Å². The number of nitrogens with zero attached hydrogens (tertiary/aromatic N) is 1. The minimum atomic E-state index is -0.646. The molecule has 0 saturated carbocycles. The maximum atomic E-state index is 10.5. The second-order valence-electron chi connectivity index (χ2n) is 2.06. The van der Waals surface area contributed by atoms with Crippen molar-refractivity contribution in [3.63, 3.8) is 0 Å². The molecule has 0 aliphatic carbocycles. The van der Waals surface area contributed by atoms with Crippen LogP contribution in [0.15, 0.2) is 0 Å². The first-order valence-corrected chi connectivity index (χ1v) is 3.34. The van der Waals surface area contributed by atoms with Crippen molar-refractivity contribution in [3.05, 3.63) is 0 Å². The molecule has 0 aromatic carbocycles. The SMILES string of the molecule is NNC(=O)ON1CCOCC1. The van der Waals surface area contributed by atoms with Crippen LogP contribution in [0.3, 0.4) is 0 Å². The van der Waals surface area contributed by atoms with Crippen LogP contribution in [0.4, 0.5) is 4.79 Å². The van der Waals surface area contributed by atoms with Gasteiger partial charge in [-0.15, -0.1) is 5.06 Å². The number of amides is 1. The Bertz CT molecular complexity index is 135. The number of nitrogens with one attached hydrogen (secondary N) is 1. The smallest absolute Gasteiger partial charge is 0.379 e. The van der Waals surface area contributed by atoms with E-state index in [0.717, 1.165) is 0 Å². The minimum Gasteiger partial charge on any atom is -0.379 e.